The van der Waals surface area contributed by atoms with Crippen molar-refractivity contribution in [2.75, 3.05) is 17.2 Å². The lowest BCUT2D eigenvalue weighted by Crippen LogP contribution is -2.31. The second-order valence-electron chi connectivity index (χ2n) is 8.63. The summed E-state index contributed by atoms with van der Waals surface area (Å²) in [6.07, 6.45) is 0. The number of ether oxygens (including phenoxy) is 1. The molecule has 1 atom stereocenters. The second-order valence-corrected chi connectivity index (χ2v) is 8.63. The number of hydrogen-bond donors (Lipinski definition) is 2. The first-order valence-corrected chi connectivity index (χ1v) is 11.5. The van der Waals surface area contributed by atoms with Gasteiger partial charge in [-0.25, -0.2) is 4.98 Å². The van der Waals surface area contributed by atoms with Crippen LogP contribution in [0.15, 0.2) is 78.0 Å². The fourth-order valence-corrected chi connectivity index (χ4v) is 4.63. The fraction of sp³-hybridized carbons (Fsp3) is 0.214. The van der Waals surface area contributed by atoms with E-state index in [9.17, 15) is 4.79 Å². The number of para-hydroxylation sites is 2. The molecule has 0 saturated carbocycles. The minimum absolute atomic E-state index is 0.140. The number of allylic oxidation sites excluding steroid dienone is 1. The summed E-state index contributed by atoms with van der Waals surface area (Å²) < 4.78 is 7.75. The predicted octanol–water partition coefficient (Wildman–Crippen LogP) is 5.98. The number of hydrogen-bond acceptors (Lipinski definition) is 4. The number of aryl methyl sites for hydroxylation is 2. The van der Waals surface area contributed by atoms with Crippen LogP contribution in [0.4, 0.5) is 11.6 Å². The van der Waals surface area contributed by atoms with Gasteiger partial charge in [-0.2, -0.15) is 0 Å². The summed E-state index contributed by atoms with van der Waals surface area (Å²) in [5.74, 6) is 1.39. The first-order valence-electron chi connectivity index (χ1n) is 11.5. The van der Waals surface area contributed by atoms with Gasteiger partial charge in [-0.15, -0.1) is 0 Å². The summed E-state index contributed by atoms with van der Waals surface area (Å²) in [4.78, 5) is 18.6. The Kier molecular flexibility index (Phi) is 5.57. The molecule has 0 aliphatic carbocycles. The van der Waals surface area contributed by atoms with Crippen molar-refractivity contribution >= 4 is 28.6 Å². The van der Waals surface area contributed by atoms with Gasteiger partial charge in [0.05, 0.1) is 29.3 Å². The summed E-state index contributed by atoms with van der Waals surface area (Å²) in [6, 6.07) is 21.6. The second kappa shape index (κ2) is 8.71. The van der Waals surface area contributed by atoms with Gasteiger partial charge in [-0.3, -0.25) is 9.36 Å². The van der Waals surface area contributed by atoms with Crippen molar-refractivity contribution in [3.63, 3.8) is 0 Å². The average Bonchev–Trinajstić information content (AvgIpc) is 3.18. The summed E-state index contributed by atoms with van der Waals surface area (Å²) in [5, 5.41) is 6.51. The topological polar surface area (TPSA) is 68.2 Å². The van der Waals surface area contributed by atoms with E-state index in [1.165, 1.54) is 0 Å². The highest BCUT2D eigenvalue weighted by Crippen LogP contribution is 2.40. The van der Waals surface area contributed by atoms with E-state index in [1.807, 2.05) is 88.4 Å². The Labute approximate surface area is 199 Å². The van der Waals surface area contributed by atoms with Crippen LogP contribution in [-0.2, 0) is 4.79 Å². The third kappa shape index (κ3) is 3.81. The largest absolute Gasteiger partial charge is 0.494 e. The van der Waals surface area contributed by atoms with Crippen LogP contribution in [0.25, 0.3) is 11.0 Å². The molecule has 0 spiro atoms. The minimum Gasteiger partial charge on any atom is -0.494 e. The Morgan fingerprint density at radius 2 is 1.82 bits per heavy atom. The molecule has 1 aliphatic heterocycles. The molecule has 0 radical (unpaired) electrons. The predicted molar refractivity (Wildman–Crippen MR) is 136 cm³/mol. The van der Waals surface area contributed by atoms with Crippen LogP contribution in [-0.4, -0.2) is 22.1 Å². The molecule has 3 aromatic carbocycles. The monoisotopic (exact) mass is 452 g/mol. The van der Waals surface area contributed by atoms with Gasteiger partial charge >= 0.3 is 0 Å². The molecule has 0 unspecified atom stereocenters. The Bertz CT molecular complexity index is 1420. The third-order valence-corrected chi connectivity index (χ3v) is 6.21. The van der Waals surface area contributed by atoms with Crippen molar-refractivity contribution < 1.29 is 9.53 Å². The van der Waals surface area contributed by atoms with Gasteiger partial charge in [-0.05, 0) is 69.2 Å². The van der Waals surface area contributed by atoms with Crippen molar-refractivity contribution in [3.8, 4) is 5.75 Å². The number of nitrogens with one attached hydrogen (secondary N) is 2. The highest BCUT2D eigenvalue weighted by molar-refractivity contribution is 6.06. The van der Waals surface area contributed by atoms with E-state index in [0.717, 1.165) is 50.8 Å². The Morgan fingerprint density at radius 1 is 1.06 bits per heavy atom. The molecular weight excluding hydrogens is 424 g/mol. The van der Waals surface area contributed by atoms with Gasteiger partial charge < -0.3 is 15.4 Å². The number of fused-ring (bicyclic) bond motifs is 3. The molecule has 34 heavy (non-hydrogen) atoms. The highest BCUT2D eigenvalue weighted by Gasteiger charge is 2.34. The zero-order valence-corrected chi connectivity index (χ0v) is 19.8. The van der Waals surface area contributed by atoms with Crippen molar-refractivity contribution in [2.45, 2.75) is 33.7 Å². The molecule has 6 heteroatoms. The molecule has 0 saturated heterocycles. The normalized spacial score (nSPS) is 15.1. The fourth-order valence-electron chi connectivity index (χ4n) is 4.63. The maximum atomic E-state index is 13.8. The molecule has 172 valence electrons. The zero-order valence-electron chi connectivity index (χ0n) is 19.8. The molecule has 0 bridgehead atoms. The maximum Gasteiger partial charge on any atom is 0.255 e. The van der Waals surface area contributed by atoms with Gasteiger partial charge in [0.1, 0.15) is 5.75 Å². The minimum atomic E-state index is -0.343. The first kappa shape index (κ1) is 21.8. The number of amides is 1. The Balaban J connectivity index is 1.63. The van der Waals surface area contributed by atoms with E-state index in [4.69, 9.17) is 9.72 Å². The van der Waals surface area contributed by atoms with Crippen LogP contribution < -0.4 is 15.4 Å². The van der Waals surface area contributed by atoms with Crippen LogP contribution in [0.5, 0.6) is 5.75 Å². The van der Waals surface area contributed by atoms with Crippen molar-refractivity contribution in [2.24, 2.45) is 0 Å². The Morgan fingerprint density at radius 3 is 2.56 bits per heavy atom. The van der Waals surface area contributed by atoms with Gasteiger partial charge in [0, 0.05) is 11.4 Å². The van der Waals surface area contributed by atoms with E-state index in [-0.39, 0.29) is 11.9 Å². The molecule has 4 aromatic rings. The zero-order chi connectivity index (χ0) is 23.8. The van der Waals surface area contributed by atoms with Crippen molar-refractivity contribution in [1.82, 2.24) is 9.55 Å². The SMILES string of the molecule is CCOc1ccc([C@@H]2C(C(=O)Nc3ccc(C)cc3C)=C(C)Nc3nc4ccccc4n32)cc1. The standard InChI is InChI=1S/C28H28N4O2/c1-5-34-21-13-11-20(12-14-21)26-25(27(33)30-22-15-10-17(2)16-18(22)3)19(4)29-28-31-23-8-6-7-9-24(23)32(26)28/h6-16,26H,5H2,1-4H3,(H,29,31)(H,30,33)/t26-/m1/s1. The molecule has 5 rings (SSSR count). The summed E-state index contributed by atoms with van der Waals surface area (Å²) >= 11 is 0. The van der Waals surface area contributed by atoms with Crippen LogP contribution in [0.2, 0.25) is 0 Å². The molecule has 6 nitrogen and oxygen atoms in total. The van der Waals surface area contributed by atoms with Crippen molar-refractivity contribution in [3.05, 3.63) is 94.7 Å². The van der Waals surface area contributed by atoms with Gasteiger partial charge in [0.15, 0.2) is 0 Å². The smallest absolute Gasteiger partial charge is 0.255 e. The van der Waals surface area contributed by atoms with E-state index in [0.29, 0.717) is 12.2 Å². The Hall–Kier alpha value is -4.06. The summed E-state index contributed by atoms with van der Waals surface area (Å²) in [5.41, 5.74) is 7.26. The van der Waals surface area contributed by atoms with Gasteiger partial charge in [0.2, 0.25) is 5.95 Å². The molecule has 2 heterocycles. The number of rotatable bonds is 5. The number of nitrogens with zero attached hydrogens (tertiary/aromatic N) is 2. The maximum absolute atomic E-state index is 13.8. The molecular formula is C28H28N4O2. The van der Waals surface area contributed by atoms with E-state index >= 15 is 0 Å². The van der Waals surface area contributed by atoms with Gasteiger partial charge in [-0.1, -0.05) is 42.0 Å². The number of imidazole rings is 1. The third-order valence-electron chi connectivity index (χ3n) is 6.21. The van der Waals surface area contributed by atoms with Crippen LogP contribution >= 0.6 is 0 Å². The summed E-state index contributed by atoms with van der Waals surface area (Å²) in [7, 11) is 0. The lowest BCUT2D eigenvalue weighted by Gasteiger charge is -2.31. The number of anilines is 2. The van der Waals surface area contributed by atoms with Gasteiger partial charge in [0.25, 0.3) is 5.91 Å². The van der Waals surface area contributed by atoms with Crippen LogP contribution in [0.1, 0.15) is 36.6 Å². The summed E-state index contributed by atoms with van der Waals surface area (Å²) in [6.45, 7) is 8.55. The first-order chi connectivity index (χ1) is 16.5. The quantitative estimate of drug-likeness (QED) is 0.391. The number of benzene rings is 3. The van der Waals surface area contributed by atoms with Crippen LogP contribution in [0, 0.1) is 13.8 Å². The molecule has 1 aliphatic rings. The molecule has 2 N–H and O–H groups in total. The van der Waals surface area contributed by atoms with Crippen LogP contribution in [0.3, 0.4) is 0 Å². The van der Waals surface area contributed by atoms with E-state index in [1.54, 1.807) is 0 Å². The number of aromatic nitrogens is 2. The van der Waals surface area contributed by atoms with E-state index < -0.39 is 0 Å². The van der Waals surface area contributed by atoms with Crippen molar-refractivity contribution in [1.29, 1.82) is 0 Å². The number of carbonyl (C=O) groups excluding carboxylic acids is 1. The van der Waals surface area contributed by atoms with E-state index in [2.05, 4.69) is 21.3 Å². The lowest BCUT2D eigenvalue weighted by molar-refractivity contribution is -0.113. The highest BCUT2D eigenvalue weighted by atomic mass is 16.5. The molecule has 1 aromatic heterocycles. The number of carbonyl (C=O) groups is 1. The lowest BCUT2D eigenvalue weighted by atomic mass is 9.94. The average molecular weight is 453 g/mol. The molecule has 0 fully saturated rings. The molecule has 1 amide bonds.